The molecule has 29 heavy (non-hydrogen) atoms. The number of carbonyl (C=O) groups excluding carboxylic acids is 2. The van der Waals surface area contributed by atoms with E-state index in [-0.39, 0.29) is 11.9 Å². The third kappa shape index (κ3) is 4.00. The summed E-state index contributed by atoms with van der Waals surface area (Å²) >= 11 is 1.34. The third-order valence-corrected chi connectivity index (χ3v) is 5.18. The van der Waals surface area contributed by atoms with Gasteiger partial charge in [0.05, 0.1) is 23.9 Å². The van der Waals surface area contributed by atoms with E-state index in [1.807, 2.05) is 30.5 Å². The largest absolute Gasteiger partial charge is 0.465 e. The molecule has 2 heterocycles. The number of hydrogen-bond donors (Lipinski definition) is 1. The van der Waals surface area contributed by atoms with Crippen molar-refractivity contribution in [3.05, 3.63) is 76.8 Å². The first-order chi connectivity index (χ1) is 14.0. The summed E-state index contributed by atoms with van der Waals surface area (Å²) in [5.41, 5.74) is 4.24. The number of ether oxygens (including phenoxy) is 1. The van der Waals surface area contributed by atoms with Gasteiger partial charge in [-0.05, 0) is 37.3 Å². The maximum absolute atomic E-state index is 12.6. The van der Waals surface area contributed by atoms with Gasteiger partial charge >= 0.3 is 5.97 Å². The summed E-state index contributed by atoms with van der Waals surface area (Å²) in [5, 5.41) is 6.17. The molecule has 7 heteroatoms. The smallest absolute Gasteiger partial charge is 0.337 e. The van der Waals surface area contributed by atoms with Crippen LogP contribution in [0.2, 0.25) is 0 Å². The SMILES string of the molecule is COC(=O)c1ccc(-c2csc(NC(=O)c3ccc4ccc(C)nc4c3)n2)cc1. The van der Waals surface area contributed by atoms with Crippen molar-refractivity contribution in [1.82, 2.24) is 9.97 Å². The first-order valence-corrected chi connectivity index (χ1v) is 9.74. The molecule has 2 aromatic heterocycles. The Hall–Kier alpha value is -3.58. The fourth-order valence-electron chi connectivity index (χ4n) is 2.89. The number of benzene rings is 2. The number of esters is 1. The van der Waals surface area contributed by atoms with Crippen LogP contribution in [-0.4, -0.2) is 29.0 Å². The lowest BCUT2D eigenvalue weighted by molar-refractivity contribution is 0.0600. The number of anilines is 1. The van der Waals surface area contributed by atoms with Gasteiger partial charge in [0.15, 0.2) is 5.13 Å². The number of nitrogens with zero attached hydrogens (tertiary/aromatic N) is 2. The quantitative estimate of drug-likeness (QED) is 0.499. The zero-order valence-corrected chi connectivity index (χ0v) is 16.6. The highest BCUT2D eigenvalue weighted by molar-refractivity contribution is 7.14. The second-order valence-electron chi connectivity index (χ2n) is 6.42. The van der Waals surface area contributed by atoms with Gasteiger partial charge in [-0.2, -0.15) is 0 Å². The number of nitrogens with one attached hydrogen (secondary N) is 1. The van der Waals surface area contributed by atoms with E-state index in [2.05, 4.69) is 15.3 Å². The Kier molecular flexibility index (Phi) is 5.05. The van der Waals surface area contributed by atoms with Crippen molar-refractivity contribution in [1.29, 1.82) is 0 Å². The van der Waals surface area contributed by atoms with Crippen molar-refractivity contribution in [3.8, 4) is 11.3 Å². The van der Waals surface area contributed by atoms with E-state index >= 15 is 0 Å². The van der Waals surface area contributed by atoms with Crippen LogP contribution in [0, 0.1) is 6.92 Å². The summed E-state index contributed by atoms with van der Waals surface area (Å²) in [4.78, 5) is 33.1. The van der Waals surface area contributed by atoms with Crippen molar-refractivity contribution in [2.75, 3.05) is 12.4 Å². The van der Waals surface area contributed by atoms with Gasteiger partial charge < -0.3 is 4.74 Å². The van der Waals surface area contributed by atoms with E-state index in [1.165, 1.54) is 18.4 Å². The molecule has 0 fully saturated rings. The highest BCUT2D eigenvalue weighted by Crippen LogP contribution is 2.26. The maximum Gasteiger partial charge on any atom is 0.337 e. The fourth-order valence-corrected chi connectivity index (χ4v) is 3.60. The Morgan fingerprint density at radius 3 is 2.45 bits per heavy atom. The van der Waals surface area contributed by atoms with Crippen LogP contribution in [0.5, 0.6) is 0 Å². The zero-order chi connectivity index (χ0) is 20.4. The Balaban J connectivity index is 1.51. The van der Waals surface area contributed by atoms with Crippen LogP contribution in [0.15, 0.2) is 60.0 Å². The minimum Gasteiger partial charge on any atom is -0.465 e. The van der Waals surface area contributed by atoms with Gasteiger partial charge in [-0.15, -0.1) is 11.3 Å². The molecule has 6 nitrogen and oxygen atoms in total. The van der Waals surface area contributed by atoms with Crippen molar-refractivity contribution in [2.45, 2.75) is 6.92 Å². The van der Waals surface area contributed by atoms with Crippen LogP contribution in [-0.2, 0) is 4.74 Å². The Morgan fingerprint density at radius 1 is 0.966 bits per heavy atom. The minimum absolute atomic E-state index is 0.239. The van der Waals surface area contributed by atoms with Crippen molar-refractivity contribution < 1.29 is 14.3 Å². The molecule has 0 aliphatic rings. The van der Waals surface area contributed by atoms with Gasteiger partial charge in [0.1, 0.15) is 0 Å². The number of aryl methyl sites for hydroxylation is 1. The normalized spacial score (nSPS) is 10.7. The maximum atomic E-state index is 12.6. The minimum atomic E-state index is -0.386. The Bertz CT molecular complexity index is 1220. The molecule has 0 unspecified atom stereocenters. The van der Waals surface area contributed by atoms with Crippen LogP contribution in [0.25, 0.3) is 22.2 Å². The highest BCUT2D eigenvalue weighted by Gasteiger charge is 2.12. The fraction of sp³-hybridized carbons (Fsp3) is 0.0909. The van der Waals surface area contributed by atoms with Gasteiger partial charge in [0.25, 0.3) is 5.91 Å². The topological polar surface area (TPSA) is 81.2 Å². The molecule has 144 valence electrons. The number of fused-ring (bicyclic) bond motifs is 1. The molecule has 0 bridgehead atoms. The molecule has 1 amide bonds. The molecule has 0 aliphatic carbocycles. The molecular formula is C22H17N3O3S. The number of hydrogen-bond acceptors (Lipinski definition) is 6. The van der Waals surface area contributed by atoms with E-state index in [0.29, 0.717) is 16.3 Å². The van der Waals surface area contributed by atoms with Crippen LogP contribution >= 0.6 is 11.3 Å². The van der Waals surface area contributed by atoms with E-state index in [0.717, 1.165) is 27.9 Å². The zero-order valence-electron chi connectivity index (χ0n) is 15.8. The lowest BCUT2D eigenvalue weighted by atomic mass is 10.1. The second kappa shape index (κ2) is 7.81. The van der Waals surface area contributed by atoms with Crippen molar-refractivity contribution in [2.24, 2.45) is 0 Å². The molecule has 0 aliphatic heterocycles. The van der Waals surface area contributed by atoms with Crippen LogP contribution in [0.4, 0.5) is 5.13 Å². The molecule has 0 saturated carbocycles. The summed E-state index contributed by atoms with van der Waals surface area (Å²) in [6, 6.07) is 16.3. The number of pyridine rings is 1. The van der Waals surface area contributed by atoms with Crippen LogP contribution in [0.3, 0.4) is 0 Å². The highest BCUT2D eigenvalue weighted by atomic mass is 32.1. The molecular weight excluding hydrogens is 386 g/mol. The van der Waals surface area contributed by atoms with E-state index in [9.17, 15) is 9.59 Å². The molecule has 4 aromatic rings. The van der Waals surface area contributed by atoms with E-state index in [4.69, 9.17) is 4.74 Å². The first kappa shape index (κ1) is 18.8. The predicted molar refractivity (Wildman–Crippen MR) is 113 cm³/mol. The number of amides is 1. The van der Waals surface area contributed by atoms with Gasteiger partial charge in [-0.25, -0.2) is 9.78 Å². The summed E-state index contributed by atoms with van der Waals surface area (Å²) in [6.45, 7) is 1.92. The summed E-state index contributed by atoms with van der Waals surface area (Å²) < 4.78 is 4.70. The molecule has 4 rings (SSSR count). The number of carbonyl (C=O) groups is 2. The predicted octanol–water partition coefficient (Wildman–Crippen LogP) is 4.71. The summed E-state index contributed by atoms with van der Waals surface area (Å²) in [5.74, 6) is -0.625. The van der Waals surface area contributed by atoms with E-state index in [1.54, 1.807) is 36.4 Å². The Labute approximate surface area is 171 Å². The Morgan fingerprint density at radius 2 is 1.69 bits per heavy atom. The lowest BCUT2D eigenvalue weighted by Crippen LogP contribution is -2.11. The number of rotatable bonds is 4. The molecule has 0 radical (unpaired) electrons. The van der Waals surface area contributed by atoms with E-state index < -0.39 is 0 Å². The molecule has 0 atom stereocenters. The van der Waals surface area contributed by atoms with Crippen LogP contribution in [0.1, 0.15) is 26.4 Å². The standard InChI is InChI=1S/C22H17N3O3S/c1-13-3-4-14-7-10-17(11-18(14)23-13)20(26)25-22-24-19(12-29-22)15-5-8-16(9-6-15)21(27)28-2/h3-12H,1-2H3,(H,24,25,26). The van der Waals surface area contributed by atoms with Crippen molar-refractivity contribution >= 4 is 39.2 Å². The lowest BCUT2D eigenvalue weighted by Gasteiger charge is -2.04. The average molecular weight is 403 g/mol. The number of methoxy groups -OCH3 is 1. The van der Waals surface area contributed by atoms with Gasteiger partial charge in [-0.3, -0.25) is 15.1 Å². The molecule has 1 N–H and O–H groups in total. The monoisotopic (exact) mass is 403 g/mol. The van der Waals surface area contributed by atoms with Crippen molar-refractivity contribution in [3.63, 3.8) is 0 Å². The summed E-state index contributed by atoms with van der Waals surface area (Å²) in [7, 11) is 1.35. The molecule has 0 spiro atoms. The van der Waals surface area contributed by atoms with Gasteiger partial charge in [0.2, 0.25) is 0 Å². The van der Waals surface area contributed by atoms with Gasteiger partial charge in [0, 0.05) is 27.6 Å². The molecule has 0 saturated heterocycles. The molecule has 2 aromatic carbocycles. The number of aromatic nitrogens is 2. The van der Waals surface area contributed by atoms with Gasteiger partial charge in [-0.1, -0.05) is 24.3 Å². The second-order valence-corrected chi connectivity index (χ2v) is 7.28. The average Bonchev–Trinajstić information content (AvgIpc) is 3.21. The van der Waals surface area contributed by atoms with Crippen LogP contribution < -0.4 is 5.32 Å². The summed E-state index contributed by atoms with van der Waals surface area (Å²) in [6.07, 6.45) is 0. The third-order valence-electron chi connectivity index (χ3n) is 4.42. The first-order valence-electron chi connectivity index (χ1n) is 8.86. The number of thiazole rings is 1.